The average molecular weight is 508 g/mol. The Balaban J connectivity index is 1.60. The molecule has 0 radical (unpaired) electrons. The summed E-state index contributed by atoms with van der Waals surface area (Å²) < 4.78 is 69.1. The highest BCUT2D eigenvalue weighted by Gasteiger charge is 2.46. The summed E-state index contributed by atoms with van der Waals surface area (Å²) in [5, 5.41) is 7.19. The SMILES string of the molecule is Cc1ccc(-c2cn(C)nc2C(=O)N2CC(F)(F)C[C@@H](C)C2CNc2ccc(C(F)(F)F)cn2)cc1. The van der Waals surface area contributed by atoms with Crippen molar-refractivity contribution >= 4 is 11.7 Å². The van der Waals surface area contributed by atoms with Crippen LogP contribution >= 0.6 is 0 Å². The maximum atomic E-state index is 14.6. The molecule has 1 aliphatic heterocycles. The Bertz CT molecular complexity index is 1220. The number of halogens is 5. The van der Waals surface area contributed by atoms with Gasteiger partial charge in [0.1, 0.15) is 5.82 Å². The molecule has 0 spiro atoms. The lowest BCUT2D eigenvalue weighted by molar-refractivity contribution is -0.137. The second-order valence-electron chi connectivity index (χ2n) is 9.28. The molecule has 1 saturated heterocycles. The standard InChI is InChI=1S/C25H26F5N5O/c1-15-4-6-17(7-5-15)19-13-34(3)33-22(19)23(36)35-14-24(26,27)10-16(2)20(35)12-32-21-9-8-18(11-31-21)25(28,29)30/h4-9,11,13,16,20H,10,12,14H2,1-3H3,(H,31,32)/t16-,20?/m1/s1. The third-order valence-electron chi connectivity index (χ3n) is 6.32. The number of nitrogens with one attached hydrogen (secondary N) is 1. The molecule has 36 heavy (non-hydrogen) atoms. The predicted molar refractivity (Wildman–Crippen MR) is 125 cm³/mol. The van der Waals surface area contributed by atoms with Crippen molar-refractivity contribution in [1.82, 2.24) is 19.7 Å². The molecule has 1 amide bonds. The molecule has 1 unspecified atom stereocenters. The van der Waals surface area contributed by atoms with E-state index in [1.165, 1.54) is 10.7 Å². The molecule has 4 rings (SSSR count). The molecule has 3 aromatic rings. The number of rotatable bonds is 5. The van der Waals surface area contributed by atoms with Gasteiger partial charge in [-0.1, -0.05) is 36.8 Å². The highest BCUT2D eigenvalue weighted by atomic mass is 19.4. The second-order valence-corrected chi connectivity index (χ2v) is 9.28. The minimum absolute atomic E-state index is 0.0358. The number of aryl methyl sites for hydroxylation is 2. The lowest BCUT2D eigenvalue weighted by atomic mass is 9.88. The van der Waals surface area contributed by atoms with Gasteiger partial charge in [0.2, 0.25) is 0 Å². The van der Waals surface area contributed by atoms with Crippen LogP contribution in [0.15, 0.2) is 48.8 Å². The molecule has 1 N–H and O–H groups in total. The molecular weight excluding hydrogens is 481 g/mol. The summed E-state index contributed by atoms with van der Waals surface area (Å²) in [5.74, 6) is -4.16. The van der Waals surface area contributed by atoms with Gasteiger partial charge in [-0.05, 0) is 30.5 Å². The minimum atomic E-state index is -4.52. The van der Waals surface area contributed by atoms with Crippen LogP contribution in [0.5, 0.6) is 0 Å². The van der Waals surface area contributed by atoms with Crippen LogP contribution < -0.4 is 5.32 Å². The minimum Gasteiger partial charge on any atom is -0.368 e. The Morgan fingerprint density at radius 1 is 1.17 bits per heavy atom. The number of hydrogen-bond acceptors (Lipinski definition) is 4. The summed E-state index contributed by atoms with van der Waals surface area (Å²) >= 11 is 0. The quantitative estimate of drug-likeness (QED) is 0.470. The lowest BCUT2D eigenvalue weighted by Gasteiger charge is -2.43. The van der Waals surface area contributed by atoms with Crippen molar-refractivity contribution in [2.75, 3.05) is 18.4 Å². The predicted octanol–water partition coefficient (Wildman–Crippen LogP) is 5.41. The molecule has 0 aliphatic carbocycles. The van der Waals surface area contributed by atoms with Crippen LogP contribution in [-0.4, -0.2) is 50.6 Å². The first-order valence-corrected chi connectivity index (χ1v) is 11.4. The summed E-state index contributed by atoms with van der Waals surface area (Å²) in [7, 11) is 1.65. The topological polar surface area (TPSA) is 63.1 Å². The number of anilines is 1. The molecule has 6 nitrogen and oxygen atoms in total. The highest BCUT2D eigenvalue weighted by molar-refractivity contribution is 5.99. The molecule has 192 valence electrons. The van der Waals surface area contributed by atoms with Crippen LogP contribution in [0.1, 0.15) is 35.0 Å². The van der Waals surface area contributed by atoms with Crippen molar-refractivity contribution in [2.24, 2.45) is 13.0 Å². The molecule has 3 heterocycles. The zero-order chi connectivity index (χ0) is 26.3. The zero-order valence-corrected chi connectivity index (χ0v) is 20.0. The Labute approximate surface area is 205 Å². The summed E-state index contributed by atoms with van der Waals surface area (Å²) in [6, 6.07) is 8.85. The van der Waals surface area contributed by atoms with Crippen molar-refractivity contribution in [2.45, 2.75) is 38.4 Å². The first-order valence-electron chi connectivity index (χ1n) is 11.4. The molecule has 0 bridgehead atoms. The summed E-state index contributed by atoms with van der Waals surface area (Å²) in [6.07, 6.45) is -2.57. The van der Waals surface area contributed by atoms with E-state index in [-0.39, 0.29) is 18.1 Å². The van der Waals surface area contributed by atoms with E-state index in [0.717, 1.165) is 22.1 Å². The number of amides is 1. The maximum Gasteiger partial charge on any atom is 0.417 e. The van der Waals surface area contributed by atoms with Gasteiger partial charge in [0.25, 0.3) is 11.8 Å². The van der Waals surface area contributed by atoms with Crippen LogP contribution in [0.25, 0.3) is 11.1 Å². The van der Waals surface area contributed by atoms with E-state index in [2.05, 4.69) is 15.4 Å². The van der Waals surface area contributed by atoms with Gasteiger partial charge >= 0.3 is 6.18 Å². The van der Waals surface area contributed by atoms with Crippen LogP contribution in [0.2, 0.25) is 0 Å². The normalized spacial score (nSPS) is 19.8. The monoisotopic (exact) mass is 507 g/mol. The average Bonchev–Trinajstić information content (AvgIpc) is 3.19. The van der Waals surface area contributed by atoms with Gasteiger partial charge in [-0.25, -0.2) is 13.8 Å². The largest absolute Gasteiger partial charge is 0.417 e. The highest BCUT2D eigenvalue weighted by Crippen LogP contribution is 2.36. The molecule has 0 saturated carbocycles. The molecule has 2 atom stereocenters. The number of aromatic nitrogens is 3. The zero-order valence-electron chi connectivity index (χ0n) is 20.0. The van der Waals surface area contributed by atoms with Gasteiger partial charge < -0.3 is 10.2 Å². The van der Waals surface area contributed by atoms with Crippen LogP contribution in [0.3, 0.4) is 0 Å². The van der Waals surface area contributed by atoms with Gasteiger partial charge in [0.05, 0.1) is 18.2 Å². The van der Waals surface area contributed by atoms with Crippen LogP contribution in [0.4, 0.5) is 27.8 Å². The maximum absolute atomic E-state index is 14.6. The molecule has 1 fully saturated rings. The van der Waals surface area contributed by atoms with Crippen molar-refractivity contribution in [1.29, 1.82) is 0 Å². The van der Waals surface area contributed by atoms with Gasteiger partial charge in [0.15, 0.2) is 5.69 Å². The lowest BCUT2D eigenvalue weighted by Crippen LogP contribution is -2.57. The fourth-order valence-corrected chi connectivity index (χ4v) is 4.48. The Morgan fingerprint density at radius 2 is 1.86 bits per heavy atom. The van der Waals surface area contributed by atoms with Crippen LogP contribution in [0, 0.1) is 12.8 Å². The summed E-state index contributed by atoms with van der Waals surface area (Å²) in [4.78, 5) is 18.5. The van der Waals surface area contributed by atoms with E-state index in [1.807, 2.05) is 31.2 Å². The first kappa shape index (κ1) is 25.6. The number of alkyl halides is 5. The number of piperidine rings is 1. The third kappa shape index (κ3) is 5.50. The van der Waals surface area contributed by atoms with E-state index in [1.54, 1.807) is 20.2 Å². The van der Waals surface area contributed by atoms with Crippen molar-refractivity contribution < 1.29 is 26.7 Å². The Morgan fingerprint density at radius 3 is 2.47 bits per heavy atom. The van der Waals surface area contributed by atoms with E-state index < -0.39 is 48.5 Å². The van der Waals surface area contributed by atoms with Gasteiger partial charge in [0, 0.05) is 38.0 Å². The van der Waals surface area contributed by atoms with E-state index in [0.29, 0.717) is 11.8 Å². The van der Waals surface area contributed by atoms with Gasteiger partial charge in [-0.3, -0.25) is 9.48 Å². The van der Waals surface area contributed by atoms with E-state index in [4.69, 9.17) is 0 Å². The molecular formula is C25H26F5N5O. The van der Waals surface area contributed by atoms with Crippen molar-refractivity contribution in [3.05, 3.63) is 65.6 Å². The summed E-state index contributed by atoms with van der Waals surface area (Å²) in [6.45, 7) is 2.81. The fraction of sp³-hybridized carbons (Fsp3) is 0.400. The smallest absolute Gasteiger partial charge is 0.368 e. The van der Waals surface area contributed by atoms with E-state index in [9.17, 15) is 26.7 Å². The van der Waals surface area contributed by atoms with Gasteiger partial charge in [-0.2, -0.15) is 18.3 Å². The van der Waals surface area contributed by atoms with Crippen molar-refractivity contribution in [3.8, 4) is 11.1 Å². The van der Waals surface area contributed by atoms with Crippen LogP contribution in [-0.2, 0) is 13.2 Å². The Kier molecular flexibility index (Phi) is 6.76. The molecule has 11 heteroatoms. The summed E-state index contributed by atoms with van der Waals surface area (Å²) in [5.41, 5.74) is 1.46. The second kappa shape index (κ2) is 9.51. The number of carbonyl (C=O) groups excluding carboxylic acids is 1. The number of hydrogen-bond donors (Lipinski definition) is 1. The Hall–Kier alpha value is -3.50. The van der Waals surface area contributed by atoms with Crippen molar-refractivity contribution in [3.63, 3.8) is 0 Å². The van der Waals surface area contributed by atoms with Gasteiger partial charge in [-0.15, -0.1) is 0 Å². The number of pyridine rings is 1. The number of benzene rings is 1. The fourth-order valence-electron chi connectivity index (χ4n) is 4.48. The van der Waals surface area contributed by atoms with E-state index >= 15 is 0 Å². The number of carbonyl (C=O) groups is 1. The molecule has 1 aliphatic rings. The third-order valence-corrected chi connectivity index (χ3v) is 6.32. The molecule has 1 aromatic carbocycles. The molecule has 2 aromatic heterocycles. The number of likely N-dealkylation sites (tertiary alicyclic amines) is 1. The number of nitrogens with zero attached hydrogens (tertiary/aromatic N) is 4. The first-order chi connectivity index (χ1) is 16.8.